The number of ether oxygens (including phenoxy) is 1. The lowest BCUT2D eigenvalue weighted by Crippen LogP contribution is -2.42. The lowest BCUT2D eigenvalue weighted by molar-refractivity contribution is -0.144. The molecule has 0 saturated carbocycles. The fourth-order valence-corrected chi connectivity index (χ4v) is 2.09. The average Bonchev–Trinajstić information content (AvgIpc) is 2.43. The molecule has 0 spiro atoms. The third kappa shape index (κ3) is 4.23. The standard InChI is InChI=1S/C16H26N2O2/c1-11(2)15(16(19)20-6)17-12(3)13-7-9-14(10-8-13)18(4)5/h7-12,15,17H,1-6H3/t12?,15-/m0/s1. The van der Waals surface area contributed by atoms with Gasteiger partial charge in [-0.25, -0.2) is 0 Å². The lowest BCUT2D eigenvalue weighted by Gasteiger charge is -2.25. The van der Waals surface area contributed by atoms with Crippen LogP contribution in [0.15, 0.2) is 24.3 Å². The first kappa shape index (κ1) is 16.5. The predicted octanol–water partition coefficient (Wildman–Crippen LogP) is 2.60. The highest BCUT2D eigenvalue weighted by molar-refractivity contribution is 5.76. The predicted molar refractivity (Wildman–Crippen MR) is 83.0 cm³/mol. The molecule has 0 amide bonds. The number of hydrogen-bond acceptors (Lipinski definition) is 4. The molecular formula is C16H26N2O2. The summed E-state index contributed by atoms with van der Waals surface area (Å²) in [5, 5.41) is 3.34. The number of anilines is 1. The van der Waals surface area contributed by atoms with Crippen molar-refractivity contribution in [3.8, 4) is 0 Å². The van der Waals surface area contributed by atoms with Crippen molar-refractivity contribution in [1.29, 1.82) is 0 Å². The number of rotatable bonds is 6. The van der Waals surface area contributed by atoms with Gasteiger partial charge in [0.25, 0.3) is 0 Å². The van der Waals surface area contributed by atoms with Gasteiger partial charge < -0.3 is 9.64 Å². The first-order valence-corrected chi connectivity index (χ1v) is 6.98. The van der Waals surface area contributed by atoms with Crippen molar-refractivity contribution in [2.45, 2.75) is 32.9 Å². The number of hydrogen-bond donors (Lipinski definition) is 1. The summed E-state index contributed by atoms with van der Waals surface area (Å²) in [7, 11) is 5.46. The first-order chi connectivity index (χ1) is 9.36. The second kappa shape index (κ2) is 7.29. The molecule has 1 aromatic carbocycles. The Kier molecular flexibility index (Phi) is 6.02. The van der Waals surface area contributed by atoms with Gasteiger partial charge >= 0.3 is 5.97 Å². The Morgan fingerprint density at radius 3 is 2.10 bits per heavy atom. The molecule has 0 fully saturated rings. The van der Waals surface area contributed by atoms with Crippen molar-refractivity contribution in [3.05, 3.63) is 29.8 Å². The number of esters is 1. The maximum absolute atomic E-state index is 11.8. The van der Waals surface area contributed by atoms with Crippen LogP contribution >= 0.6 is 0 Å². The maximum Gasteiger partial charge on any atom is 0.323 e. The van der Waals surface area contributed by atoms with Gasteiger partial charge in [-0.05, 0) is 30.5 Å². The van der Waals surface area contributed by atoms with Crippen LogP contribution < -0.4 is 10.2 Å². The van der Waals surface area contributed by atoms with Gasteiger partial charge in [0, 0.05) is 25.8 Å². The molecular weight excluding hydrogens is 252 g/mol. The monoisotopic (exact) mass is 278 g/mol. The van der Waals surface area contributed by atoms with E-state index in [0.29, 0.717) is 0 Å². The Hall–Kier alpha value is -1.55. The lowest BCUT2D eigenvalue weighted by atomic mass is 10.0. The van der Waals surface area contributed by atoms with E-state index >= 15 is 0 Å². The van der Waals surface area contributed by atoms with E-state index in [0.717, 1.165) is 11.3 Å². The van der Waals surface area contributed by atoms with Gasteiger partial charge in [0.15, 0.2) is 0 Å². The minimum absolute atomic E-state index is 0.0951. The number of carbonyl (C=O) groups excluding carboxylic acids is 1. The Morgan fingerprint density at radius 1 is 1.15 bits per heavy atom. The van der Waals surface area contributed by atoms with E-state index in [9.17, 15) is 4.79 Å². The highest BCUT2D eigenvalue weighted by atomic mass is 16.5. The van der Waals surface area contributed by atoms with E-state index in [-0.39, 0.29) is 24.0 Å². The van der Waals surface area contributed by atoms with Crippen molar-refractivity contribution in [1.82, 2.24) is 5.32 Å². The molecule has 1 rings (SSSR count). The Morgan fingerprint density at radius 2 is 1.70 bits per heavy atom. The SMILES string of the molecule is COC(=O)[C@@H](NC(C)c1ccc(N(C)C)cc1)C(C)C. The van der Waals surface area contributed by atoms with Gasteiger partial charge in [-0.15, -0.1) is 0 Å². The fraction of sp³-hybridized carbons (Fsp3) is 0.562. The average molecular weight is 278 g/mol. The molecule has 0 saturated heterocycles. The summed E-state index contributed by atoms with van der Waals surface area (Å²) in [6.45, 7) is 6.08. The van der Waals surface area contributed by atoms with Crippen LogP contribution in [-0.2, 0) is 9.53 Å². The second-order valence-corrected chi connectivity index (χ2v) is 5.62. The maximum atomic E-state index is 11.8. The molecule has 1 unspecified atom stereocenters. The third-order valence-corrected chi connectivity index (χ3v) is 3.46. The zero-order valence-corrected chi connectivity index (χ0v) is 13.3. The van der Waals surface area contributed by atoms with Gasteiger partial charge in [0.05, 0.1) is 7.11 Å². The fourth-order valence-electron chi connectivity index (χ4n) is 2.09. The van der Waals surface area contributed by atoms with Crippen molar-refractivity contribution >= 4 is 11.7 Å². The van der Waals surface area contributed by atoms with Gasteiger partial charge in [-0.1, -0.05) is 26.0 Å². The Balaban J connectivity index is 2.78. The molecule has 0 aliphatic heterocycles. The third-order valence-electron chi connectivity index (χ3n) is 3.46. The van der Waals surface area contributed by atoms with E-state index < -0.39 is 0 Å². The summed E-state index contributed by atoms with van der Waals surface area (Å²) in [6, 6.07) is 8.14. The smallest absolute Gasteiger partial charge is 0.323 e. The van der Waals surface area contributed by atoms with Crippen molar-refractivity contribution in [2.75, 3.05) is 26.1 Å². The number of nitrogens with one attached hydrogen (secondary N) is 1. The number of nitrogens with zero attached hydrogens (tertiary/aromatic N) is 1. The minimum Gasteiger partial charge on any atom is -0.468 e. The summed E-state index contributed by atoms with van der Waals surface area (Å²) in [5.74, 6) is -0.0253. The molecule has 4 heteroatoms. The molecule has 4 nitrogen and oxygen atoms in total. The molecule has 0 bridgehead atoms. The van der Waals surface area contributed by atoms with Crippen LogP contribution in [0.2, 0.25) is 0 Å². The normalized spacial score (nSPS) is 13.9. The second-order valence-electron chi connectivity index (χ2n) is 5.62. The zero-order chi connectivity index (χ0) is 15.3. The van der Waals surface area contributed by atoms with Crippen LogP contribution in [0.1, 0.15) is 32.4 Å². The summed E-state index contributed by atoms with van der Waals surface area (Å²) in [4.78, 5) is 13.8. The molecule has 0 radical (unpaired) electrons. The molecule has 1 aromatic rings. The number of methoxy groups -OCH3 is 1. The van der Waals surface area contributed by atoms with E-state index in [1.54, 1.807) is 0 Å². The zero-order valence-electron chi connectivity index (χ0n) is 13.3. The Labute approximate surface area is 122 Å². The molecule has 0 aliphatic carbocycles. The van der Waals surface area contributed by atoms with E-state index in [1.807, 2.05) is 27.9 Å². The minimum atomic E-state index is -0.288. The van der Waals surface area contributed by atoms with Crippen molar-refractivity contribution in [3.63, 3.8) is 0 Å². The van der Waals surface area contributed by atoms with Gasteiger partial charge in [-0.3, -0.25) is 10.1 Å². The molecule has 2 atom stereocenters. The van der Waals surface area contributed by atoms with Gasteiger partial charge in [-0.2, -0.15) is 0 Å². The molecule has 20 heavy (non-hydrogen) atoms. The number of carbonyl (C=O) groups is 1. The quantitative estimate of drug-likeness (QED) is 0.812. The molecule has 112 valence electrons. The topological polar surface area (TPSA) is 41.6 Å². The summed E-state index contributed by atoms with van der Waals surface area (Å²) >= 11 is 0. The summed E-state index contributed by atoms with van der Waals surface area (Å²) in [6.07, 6.45) is 0. The summed E-state index contributed by atoms with van der Waals surface area (Å²) in [5.41, 5.74) is 2.32. The first-order valence-electron chi connectivity index (χ1n) is 6.98. The molecule has 0 heterocycles. The Bertz CT molecular complexity index is 427. The van der Waals surface area contributed by atoms with E-state index in [4.69, 9.17) is 4.74 Å². The van der Waals surface area contributed by atoms with Gasteiger partial charge in [0.1, 0.15) is 6.04 Å². The highest BCUT2D eigenvalue weighted by Gasteiger charge is 2.24. The van der Waals surface area contributed by atoms with Crippen LogP contribution in [0.4, 0.5) is 5.69 Å². The largest absolute Gasteiger partial charge is 0.468 e. The van der Waals surface area contributed by atoms with Crippen LogP contribution in [0.3, 0.4) is 0 Å². The number of benzene rings is 1. The highest BCUT2D eigenvalue weighted by Crippen LogP contribution is 2.19. The van der Waals surface area contributed by atoms with Crippen molar-refractivity contribution < 1.29 is 9.53 Å². The van der Waals surface area contributed by atoms with E-state index in [1.165, 1.54) is 7.11 Å². The van der Waals surface area contributed by atoms with E-state index in [2.05, 4.69) is 41.4 Å². The van der Waals surface area contributed by atoms with Gasteiger partial charge in [0.2, 0.25) is 0 Å². The summed E-state index contributed by atoms with van der Waals surface area (Å²) < 4.78 is 4.85. The van der Waals surface area contributed by atoms with Crippen LogP contribution in [0.5, 0.6) is 0 Å². The van der Waals surface area contributed by atoms with Crippen LogP contribution in [0, 0.1) is 5.92 Å². The van der Waals surface area contributed by atoms with Crippen LogP contribution in [0.25, 0.3) is 0 Å². The molecule has 0 aliphatic rings. The molecule has 0 aromatic heterocycles. The van der Waals surface area contributed by atoms with Crippen LogP contribution in [-0.4, -0.2) is 33.2 Å². The van der Waals surface area contributed by atoms with Crippen molar-refractivity contribution in [2.24, 2.45) is 5.92 Å². The molecule has 1 N–H and O–H groups in total.